The number of alkyl halides is 3. The van der Waals surface area contributed by atoms with Crippen LogP contribution in [0.3, 0.4) is 0 Å². The highest BCUT2D eigenvalue weighted by Gasteiger charge is 2.31. The van der Waals surface area contributed by atoms with E-state index in [0.717, 1.165) is 4.90 Å². The van der Waals surface area contributed by atoms with Gasteiger partial charge in [0.25, 0.3) is 0 Å². The first-order valence-electron chi connectivity index (χ1n) is 4.57. The molecule has 0 aliphatic rings. The van der Waals surface area contributed by atoms with E-state index >= 15 is 0 Å². The Morgan fingerprint density at radius 2 is 2.06 bits per heavy atom. The van der Waals surface area contributed by atoms with Crippen molar-refractivity contribution < 1.29 is 13.2 Å². The number of nitrogen functional groups attached to an aromatic ring is 1. The van der Waals surface area contributed by atoms with Gasteiger partial charge in [0.05, 0.1) is 5.69 Å². The number of halogens is 4. The number of anilines is 2. The number of nitrogens with zero attached hydrogens (tertiary/aromatic N) is 2. The lowest BCUT2D eigenvalue weighted by Crippen LogP contribution is -2.35. The molecular weight excluding hydrogens is 243 g/mol. The van der Waals surface area contributed by atoms with Crippen LogP contribution in [0.1, 0.15) is 6.92 Å². The van der Waals surface area contributed by atoms with Gasteiger partial charge in [-0.25, -0.2) is 4.98 Å². The van der Waals surface area contributed by atoms with Gasteiger partial charge >= 0.3 is 6.18 Å². The largest absolute Gasteiger partial charge is 0.405 e. The lowest BCUT2D eigenvalue weighted by molar-refractivity contribution is -0.119. The van der Waals surface area contributed by atoms with Gasteiger partial charge in [0.15, 0.2) is 5.82 Å². The molecule has 0 bridgehead atoms. The van der Waals surface area contributed by atoms with Gasteiger partial charge in [-0.3, -0.25) is 0 Å². The van der Waals surface area contributed by atoms with Crippen molar-refractivity contribution in [3.63, 3.8) is 0 Å². The van der Waals surface area contributed by atoms with Crippen LogP contribution in [0.2, 0.25) is 5.15 Å². The standard InChI is InChI=1S/C9H11ClF3N3/c1-2-16(5-9(11,12)13)8-6(14)3-4-7(10)15-8/h3-4H,2,5,14H2,1H3. The molecule has 3 nitrogen and oxygen atoms in total. The summed E-state index contributed by atoms with van der Waals surface area (Å²) in [5.41, 5.74) is 5.73. The van der Waals surface area contributed by atoms with E-state index in [1.54, 1.807) is 6.92 Å². The summed E-state index contributed by atoms with van der Waals surface area (Å²) in [6, 6.07) is 2.87. The fourth-order valence-corrected chi connectivity index (χ4v) is 1.39. The quantitative estimate of drug-likeness (QED) is 0.842. The Morgan fingerprint density at radius 3 is 2.56 bits per heavy atom. The van der Waals surface area contributed by atoms with Crippen LogP contribution in [-0.2, 0) is 0 Å². The normalized spacial score (nSPS) is 11.6. The molecule has 0 saturated carbocycles. The average Bonchev–Trinajstić information content (AvgIpc) is 2.17. The Balaban J connectivity index is 2.99. The first-order valence-corrected chi connectivity index (χ1v) is 4.95. The highest BCUT2D eigenvalue weighted by atomic mass is 35.5. The average molecular weight is 254 g/mol. The fourth-order valence-electron chi connectivity index (χ4n) is 1.24. The number of hydrogen-bond donors (Lipinski definition) is 1. The molecule has 0 atom stereocenters. The molecule has 0 spiro atoms. The second-order valence-corrected chi connectivity index (χ2v) is 3.56. The molecule has 7 heteroatoms. The summed E-state index contributed by atoms with van der Waals surface area (Å²) in [5.74, 6) is 0.0623. The molecule has 16 heavy (non-hydrogen) atoms. The van der Waals surface area contributed by atoms with Crippen LogP contribution < -0.4 is 10.6 Å². The Hall–Kier alpha value is -1.17. The van der Waals surface area contributed by atoms with E-state index in [4.69, 9.17) is 17.3 Å². The lowest BCUT2D eigenvalue weighted by Gasteiger charge is -2.24. The van der Waals surface area contributed by atoms with Crippen LogP contribution in [0.5, 0.6) is 0 Å². The van der Waals surface area contributed by atoms with Crippen molar-refractivity contribution in [2.45, 2.75) is 13.1 Å². The third-order valence-corrected chi connectivity index (χ3v) is 2.13. The van der Waals surface area contributed by atoms with Gasteiger partial charge in [-0.05, 0) is 19.1 Å². The van der Waals surface area contributed by atoms with Crippen molar-refractivity contribution in [3.05, 3.63) is 17.3 Å². The second kappa shape index (κ2) is 4.78. The molecule has 1 heterocycles. The number of hydrogen-bond acceptors (Lipinski definition) is 3. The molecule has 0 aliphatic heterocycles. The zero-order valence-electron chi connectivity index (χ0n) is 8.55. The third kappa shape index (κ3) is 3.44. The van der Waals surface area contributed by atoms with E-state index in [0.29, 0.717) is 0 Å². The smallest absolute Gasteiger partial charge is 0.396 e. The molecule has 1 rings (SSSR count). The van der Waals surface area contributed by atoms with Crippen molar-refractivity contribution in [2.24, 2.45) is 0 Å². The van der Waals surface area contributed by atoms with Gasteiger partial charge in [-0.2, -0.15) is 13.2 Å². The van der Waals surface area contributed by atoms with Crippen molar-refractivity contribution in [1.29, 1.82) is 0 Å². The zero-order valence-corrected chi connectivity index (χ0v) is 9.31. The van der Waals surface area contributed by atoms with Crippen LogP contribution in [0.4, 0.5) is 24.7 Å². The van der Waals surface area contributed by atoms with E-state index in [1.165, 1.54) is 12.1 Å². The van der Waals surface area contributed by atoms with Gasteiger partial charge in [0, 0.05) is 6.54 Å². The Labute approximate surface area is 96.0 Å². The Kier molecular flexibility index (Phi) is 3.85. The predicted molar refractivity (Wildman–Crippen MR) is 57.6 cm³/mol. The molecule has 1 aromatic heterocycles. The molecule has 0 fully saturated rings. The molecule has 0 amide bonds. The van der Waals surface area contributed by atoms with E-state index < -0.39 is 12.7 Å². The summed E-state index contributed by atoms with van der Waals surface area (Å²) < 4.78 is 36.8. The van der Waals surface area contributed by atoms with Crippen molar-refractivity contribution in [2.75, 3.05) is 23.7 Å². The maximum absolute atomic E-state index is 12.3. The Morgan fingerprint density at radius 1 is 1.44 bits per heavy atom. The van der Waals surface area contributed by atoms with E-state index in [-0.39, 0.29) is 23.2 Å². The molecule has 0 aromatic carbocycles. The summed E-state index contributed by atoms with van der Waals surface area (Å²) in [4.78, 5) is 4.82. The maximum atomic E-state index is 12.3. The molecule has 1 aromatic rings. The molecular formula is C9H11ClF3N3. The van der Waals surface area contributed by atoms with Crippen molar-refractivity contribution >= 4 is 23.1 Å². The summed E-state index contributed by atoms with van der Waals surface area (Å²) >= 11 is 5.61. The number of pyridine rings is 1. The summed E-state index contributed by atoms with van der Waals surface area (Å²) in [5, 5.41) is 0.116. The van der Waals surface area contributed by atoms with E-state index in [2.05, 4.69) is 4.98 Å². The van der Waals surface area contributed by atoms with Gasteiger partial charge in [-0.1, -0.05) is 11.6 Å². The SMILES string of the molecule is CCN(CC(F)(F)F)c1nc(Cl)ccc1N. The van der Waals surface area contributed by atoms with Gasteiger partial charge in [0.2, 0.25) is 0 Å². The minimum absolute atomic E-state index is 0.0623. The maximum Gasteiger partial charge on any atom is 0.405 e. The van der Waals surface area contributed by atoms with Crippen LogP contribution in [0.15, 0.2) is 12.1 Å². The van der Waals surface area contributed by atoms with Crippen LogP contribution >= 0.6 is 11.6 Å². The number of aromatic nitrogens is 1. The summed E-state index contributed by atoms with van der Waals surface area (Å²) in [6.45, 7) is 0.645. The van der Waals surface area contributed by atoms with Crippen molar-refractivity contribution in [1.82, 2.24) is 4.98 Å². The highest BCUT2D eigenvalue weighted by Crippen LogP contribution is 2.26. The Bertz CT molecular complexity index is 368. The van der Waals surface area contributed by atoms with Gasteiger partial charge in [-0.15, -0.1) is 0 Å². The molecule has 2 N–H and O–H groups in total. The lowest BCUT2D eigenvalue weighted by atomic mass is 10.3. The monoisotopic (exact) mass is 253 g/mol. The molecule has 90 valence electrons. The molecule has 0 saturated heterocycles. The minimum Gasteiger partial charge on any atom is -0.396 e. The molecule has 0 radical (unpaired) electrons. The molecule has 0 unspecified atom stereocenters. The third-order valence-electron chi connectivity index (χ3n) is 1.92. The molecule has 0 aliphatic carbocycles. The van der Waals surface area contributed by atoms with Crippen LogP contribution in [0, 0.1) is 0 Å². The van der Waals surface area contributed by atoms with Gasteiger partial charge in [0.1, 0.15) is 11.7 Å². The van der Waals surface area contributed by atoms with E-state index in [9.17, 15) is 13.2 Å². The summed E-state index contributed by atoms with van der Waals surface area (Å²) in [7, 11) is 0. The second-order valence-electron chi connectivity index (χ2n) is 3.18. The van der Waals surface area contributed by atoms with Crippen LogP contribution in [0.25, 0.3) is 0 Å². The first-order chi connectivity index (χ1) is 7.33. The van der Waals surface area contributed by atoms with E-state index in [1.807, 2.05) is 0 Å². The minimum atomic E-state index is -4.30. The van der Waals surface area contributed by atoms with Crippen LogP contribution in [-0.4, -0.2) is 24.2 Å². The summed E-state index contributed by atoms with van der Waals surface area (Å²) in [6.07, 6.45) is -4.30. The van der Waals surface area contributed by atoms with Crippen molar-refractivity contribution in [3.8, 4) is 0 Å². The predicted octanol–water partition coefficient (Wildman–Crippen LogP) is 2.71. The fraction of sp³-hybridized carbons (Fsp3) is 0.444. The zero-order chi connectivity index (χ0) is 12.3. The number of rotatable bonds is 3. The number of nitrogens with two attached hydrogens (primary N) is 1. The van der Waals surface area contributed by atoms with Gasteiger partial charge < -0.3 is 10.6 Å². The topological polar surface area (TPSA) is 42.2 Å². The highest BCUT2D eigenvalue weighted by molar-refractivity contribution is 6.29. The first kappa shape index (κ1) is 12.9.